The van der Waals surface area contributed by atoms with Crippen LogP contribution >= 0.6 is 23.1 Å². The zero-order valence-corrected chi connectivity index (χ0v) is 14.4. The standard InChI is InChI=1S/C17H17N3OS2/c1-12-7-8-15(21-12)16-20-14(10-22-16)11-23-17(18)19-9-13-5-3-2-4-6-13/h2-8,10H,9,11H2,1H3,(H2,18,19). The summed E-state index contributed by atoms with van der Waals surface area (Å²) in [6.07, 6.45) is 0. The Bertz CT molecular complexity index is 793. The van der Waals surface area contributed by atoms with Crippen LogP contribution in [0, 0.1) is 6.92 Å². The summed E-state index contributed by atoms with van der Waals surface area (Å²) in [5, 5.41) is 3.51. The van der Waals surface area contributed by atoms with E-state index in [-0.39, 0.29) is 0 Å². The molecule has 4 nitrogen and oxygen atoms in total. The van der Waals surface area contributed by atoms with Gasteiger partial charge >= 0.3 is 0 Å². The largest absolute Gasteiger partial charge is 0.459 e. The van der Waals surface area contributed by atoms with Crippen molar-refractivity contribution < 1.29 is 4.42 Å². The Morgan fingerprint density at radius 1 is 1.26 bits per heavy atom. The minimum atomic E-state index is 0.581. The van der Waals surface area contributed by atoms with Crippen molar-refractivity contribution in [1.29, 1.82) is 0 Å². The molecule has 0 unspecified atom stereocenters. The van der Waals surface area contributed by atoms with Gasteiger partial charge in [-0.2, -0.15) is 0 Å². The van der Waals surface area contributed by atoms with E-state index in [1.807, 2.05) is 54.8 Å². The third-order valence-corrected chi connectivity index (χ3v) is 4.90. The van der Waals surface area contributed by atoms with E-state index in [2.05, 4.69) is 9.98 Å². The second kappa shape index (κ2) is 7.48. The minimum absolute atomic E-state index is 0.581. The molecule has 3 aromatic rings. The molecule has 2 aromatic heterocycles. The van der Waals surface area contributed by atoms with Gasteiger partial charge in [0.2, 0.25) is 0 Å². The molecule has 2 N–H and O–H groups in total. The number of aliphatic imine (C=N–C) groups is 1. The summed E-state index contributed by atoms with van der Waals surface area (Å²) >= 11 is 3.08. The summed E-state index contributed by atoms with van der Waals surface area (Å²) in [7, 11) is 0. The van der Waals surface area contributed by atoms with Crippen molar-refractivity contribution in [2.24, 2.45) is 10.7 Å². The van der Waals surface area contributed by atoms with E-state index < -0.39 is 0 Å². The lowest BCUT2D eigenvalue weighted by molar-refractivity contribution is 0.548. The lowest BCUT2D eigenvalue weighted by Crippen LogP contribution is -2.07. The number of amidine groups is 1. The van der Waals surface area contributed by atoms with Crippen molar-refractivity contribution in [1.82, 2.24) is 4.98 Å². The summed E-state index contributed by atoms with van der Waals surface area (Å²) in [5.41, 5.74) is 8.10. The van der Waals surface area contributed by atoms with Crippen molar-refractivity contribution in [3.8, 4) is 10.8 Å². The highest BCUT2D eigenvalue weighted by atomic mass is 32.2. The molecule has 3 rings (SSSR count). The van der Waals surface area contributed by atoms with Crippen LogP contribution < -0.4 is 5.73 Å². The summed E-state index contributed by atoms with van der Waals surface area (Å²) in [4.78, 5) is 8.97. The molecule has 23 heavy (non-hydrogen) atoms. The summed E-state index contributed by atoms with van der Waals surface area (Å²) in [5.74, 6) is 2.42. The van der Waals surface area contributed by atoms with Crippen LogP contribution in [0.4, 0.5) is 0 Å². The highest BCUT2D eigenvalue weighted by molar-refractivity contribution is 8.13. The Balaban J connectivity index is 1.55. The molecule has 0 aliphatic carbocycles. The second-order valence-electron chi connectivity index (χ2n) is 4.98. The number of thioether (sulfide) groups is 1. The Morgan fingerprint density at radius 3 is 2.83 bits per heavy atom. The van der Waals surface area contributed by atoms with E-state index in [4.69, 9.17) is 10.2 Å². The second-order valence-corrected chi connectivity index (χ2v) is 6.84. The van der Waals surface area contributed by atoms with E-state index >= 15 is 0 Å². The molecule has 0 amide bonds. The van der Waals surface area contributed by atoms with E-state index in [0.29, 0.717) is 17.5 Å². The van der Waals surface area contributed by atoms with Crippen LogP contribution in [-0.4, -0.2) is 10.2 Å². The predicted molar refractivity (Wildman–Crippen MR) is 97.6 cm³/mol. The van der Waals surface area contributed by atoms with Crippen molar-refractivity contribution in [2.45, 2.75) is 19.2 Å². The number of rotatable bonds is 5. The zero-order chi connectivity index (χ0) is 16.1. The number of hydrogen-bond acceptors (Lipinski definition) is 5. The molecule has 6 heteroatoms. The van der Waals surface area contributed by atoms with Crippen molar-refractivity contribution in [3.63, 3.8) is 0 Å². The number of hydrogen-bond donors (Lipinski definition) is 1. The molecular weight excluding hydrogens is 326 g/mol. The quantitative estimate of drug-likeness (QED) is 0.549. The van der Waals surface area contributed by atoms with Gasteiger partial charge in [-0.1, -0.05) is 42.1 Å². The van der Waals surface area contributed by atoms with Gasteiger partial charge in [-0.25, -0.2) is 4.98 Å². The van der Waals surface area contributed by atoms with Gasteiger partial charge in [-0.05, 0) is 24.6 Å². The maximum atomic E-state index is 5.96. The monoisotopic (exact) mass is 343 g/mol. The van der Waals surface area contributed by atoms with Crippen LogP contribution in [0.5, 0.6) is 0 Å². The predicted octanol–water partition coefficient (Wildman–Crippen LogP) is 4.46. The van der Waals surface area contributed by atoms with Gasteiger partial charge in [0.1, 0.15) is 5.76 Å². The molecule has 0 saturated carbocycles. The Labute approximate surface area is 143 Å². The fourth-order valence-electron chi connectivity index (χ4n) is 1.98. The Kier molecular flexibility index (Phi) is 5.15. The molecule has 0 bridgehead atoms. The Hall–Kier alpha value is -2.05. The molecule has 0 saturated heterocycles. The average molecular weight is 343 g/mol. The van der Waals surface area contributed by atoms with E-state index in [1.54, 1.807) is 11.3 Å². The summed E-state index contributed by atoms with van der Waals surface area (Å²) in [6.45, 7) is 2.53. The molecular formula is C17H17N3OS2. The average Bonchev–Trinajstić information content (AvgIpc) is 3.20. The van der Waals surface area contributed by atoms with Gasteiger partial charge in [0.05, 0.1) is 12.2 Å². The number of aromatic nitrogens is 1. The fraction of sp³-hybridized carbons (Fsp3) is 0.176. The molecule has 0 aliphatic rings. The summed E-state index contributed by atoms with van der Waals surface area (Å²) in [6, 6.07) is 14.0. The highest BCUT2D eigenvalue weighted by Gasteiger charge is 2.08. The molecule has 118 valence electrons. The van der Waals surface area contributed by atoms with Gasteiger partial charge in [0.15, 0.2) is 15.9 Å². The SMILES string of the molecule is Cc1ccc(-c2nc(CSC(N)=NCc3ccccc3)cs2)o1. The molecule has 0 radical (unpaired) electrons. The maximum Gasteiger partial charge on any atom is 0.162 e. The molecule has 0 spiro atoms. The van der Waals surface area contributed by atoms with Crippen molar-refractivity contribution in [2.75, 3.05) is 0 Å². The van der Waals surface area contributed by atoms with Crippen LogP contribution in [-0.2, 0) is 12.3 Å². The van der Waals surface area contributed by atoms with E-state index in [0.717, 1.165) is 27.8 Å². The first-order valence-corrected chi connectivity index (χ1v) is 9.05. The van der Waals surface area contributed by atoms with Gasteiger partial charge in [0, 0.05) is 11.1 Å². The zero-order valence-electron chi connectivity index (χ0n) is 12.7. The number of benzene rings is 1. The normalized spacial score (nSPS) is 11.8. The fourth-order valence-corrected chi connectivity index (χ4v) is 3.47. The van der Waals surface area contributed by atoms with Crippen LogP contribution in [0.2, 0.25) is 0 Å². The molecule has 1 aromatic carbocycles. The van der Waals surface area contributed by atoms with Gasteiger partial charge in [0.25, 0.3) is 0 Å². The van der Waals surface area contributed by atoms with Crippen molar-refractivity contribution in [3.05, 3.63) is 64.9 Å². The Morgan fingerprint density at radius 2 is 2.09 bits per heavy atom. The number of nitrogens with zero attached hydrogens (tertiary/aromatic N) is 2. The van der Waals surface area contributed by atoms with Crippen LogP contribution in [0.3, 0.4) is 0 Å². The summed E-state index contributed by atoms with van der Waals surface area (Å²) < 4.78 is 5.59. The van der Waals surface area contributed by atoms with Crippen LogP contribution in [0.25, 0.3) is 10.8 Å². The van der Waals surface area contributed by atoms with Crippen LogP contribution in [0.1, 0.15) is 17.0 Å². The highest BCUT2D eigenvalue weighted by Crippen LogP contribution is 2.27. The number of thiazole rings is 1. The molecule has 0 aliphatic heterocycles. The van der Waals surface area contributed by atoms with Crippen LogP contribution in [0.15, 0.2) is 57.3 Å². The first-order chi connectivity index (χ1) is 11.2. The van der Waals surface area contributed by atoms with Gasteiger partial charge in [-0.3, -0.25) is 4.99 Å². The van der Waals surface area contributed by atoms with E-state index in [9.17, 15) is 0 Å². The van der Waals surface area contributed by atoms with Gasteiger partial charge < -0.3 is 10.2 Å². The minimum Gasteiger partial charge on any atom is -0.459 e. The number of nitrogens with two attached hydrogens (primary N) is 1. The smallest absolute Gasteiger partial charge is 0.162 e. The van der Waals surface area contributed by atoms with Crippen molar-refractivity contribution >= 4 is 28.3 Å². The molecule has 2 heterocycles. The van der Waals surface area contributed by atoms with Gasteiger partial charge in [-0.15, -0.1) is 11.3 Å². The maximum absolute atomic E-state index is 5.96. The first kappa shape index (κ1) is 15.8. The third kappa shape index (κ3) is 4.46. The van der Waals surface area contributed by atoms with E-state index in [1.165, 1.54) is 11.8 Å². The molecule has 0 atom stereocenters. The molecule has 0 fully saturated rings. The number of furan rings is 1. The lowest BCUT2D eigenvalue weighted by Gasteiger charge is -2.00. The number of aryl methyl sites for hydroxylation is 1. The topological polar surface area (TPSA) is 64.4 Å². The first-order valence-electron chi connectivity index (χ1n) is 7.18. The third-order valence-electron chi connectivity index (χ3n) is 3.13. The lowest BCUT2D eigenvalue weighted by atomic mass is 10.2.